The van der Waals surface area contributed by atoms with Crippen molar-refractivity contribution < 1.29 is 0 Å². The molecule has 0 amide bonds. The number of nitrogens with zero attached hydrogens (tertiary/aromatic N) is 2. The molecule has 3 aromatic rings. The normalized spacial score (nSPS) is 11.4. The van der Waals surface area contributed by atoms with Gasteiger partial charge in [0.1, 0.15) is 0 Å². The van der Waals surface area contributed by atoms with Gasteiger partial charge >= 0.3 is 0 Å². The van der Waals surface area contributed by atoms with Crippen molar-refractivity contribution in [1.82, 2.24) is 9.38 Å². The molecule has 98 valence electrons. The Bertz CT molecular complexity index is 778. The number of hydrogen-bond acceptors (Lipinski definition) is 2. The van der Waals surface area contributed by atoms with Crippen LogP contribution in [0, 0.1) is 34.6 Å². The molecule has 0 atom stereocenters. The summed E-state index contributed by atoms with van der Waals surface area (Å²) in [7, 11) is 0. The first-order valence-corrected chi connectivity index (χ1v) is 7.32. The van der Waals surface area contributed by atoms with Crippen LogP contribution in [0.2, 0.25) is 0 Å². The number of aromatic nitrogens is 2. The van der Waals surface area contributed by atoms with Gasteiger partial charge in [-0.1, -0.05) is 6.07 Å². The second-order valence-corrected chi connectivity index (χ2v) is 6.46. The molecule has 0 unspecified atom stereocenters. The summed E-state index contributed by atoms with van der Waals surface area (Å²) in [6.45, 7) is 10.8. The third-order valence-corrected chi connectivity index (χ3v) is 4.98. The highest BCUT2D eigenvalue weighted by atomic mass is 32.1. The average molecular weight is 270 g/mol. The van der Waals surface area contributed by atoms with Crippen molar-refractivity contribution in [2.45, 2.75) is 34.6 Å². The maximum absolute atomic E-state index is 4.78. The molecule has 0 fully saturated rings. The van der Waals surface area contributed by atoms with Gasteiger partial charge in [-0.3, -0.25) is 4.40 Å². The summed E-state index contributed by atoms with van der Waals surface area (Å²) in [4.78, 5) is 7.20. The van der Waals surface area contributed by atoms with Gasteiger partial charge < -0.3 is 0 Å². The van der Waals surface area contributed by atoms with E-state index >= 15 is 0 Å². The number of imidazole rings is 1. The first-order chi connectivity index (χ1) is 8.97. The van der Waals surface area contributed by atoms with E-state index in [0.717, 1.165) is 10.7 Å². The summed E-state index contributed by atoms with van der Waals surface area (Å²) in [5.74, 6) is 0. The first kappa shape index (κ1) is 12.4. The van der Waals surface area contributed by atoms with Gasteiger partial charge in [-0.25, -0.2) is 4.98 Å². The summed E-state index contributed by atoms with van der Waals surface area (Å²) >= 11 is 1.76. The molecule has 0 aliphatic carbocycles. The van der Waals surface area contributed by atoms with Crippen molar-refractivity contribution in [1.29, 1.82) is 0 Å². The highest BCUT2D eigenvalue weighted by molar-refractivity contribution is 7.17. The highest BCUT2D eigenvalue weighted by Crippen LogP contribution is 2.29. The summed E-state index contributed by atoms with van der Waals surface area (Å²) in [6, 6.07) is 4.50. The maximum Gasteiger partial charge on any atom is 0.194 e. The van der Waals surface area contributed by atoms with Crippen molar-refractivity contribution >= 4 is 16.3 Å². The number of benzene rings is 1. The van der Waals surface area contributed by atoms with Gasteiger partial charge in [-0.15, -0.1) is 11.3 Å². The van der Waals surface area contributed by atoms with Gasteiger partial charge in [0.15, 0.2) is 4.96 Å². The molecule has 2 heterocycles. The molecule has 0 radical (unpaired) electrons. The summed E-state index contributed by atoms with van der Waals surface area (Å²) in [5.41, 5.74) is 7.58. The predicted molar refractivity (Wildman–Crippen MR) is 82.2 cm³/mol. The maximum atomic E-state index is 4.78. The van der Waals surface area contributed by atoms with Crippen molar-refractivity contribution in [3.05, 3.63) is 45.6 Å². The number of fused-ring (bicyclic) bond motifs is 1. The van der Waals surface area contributed by atoms with Crippen LogP contribution in [-0.4, -0.2) is 9.38 Å². The lowest BCUT2D eigenvalue weighted by Gasteiger charge is -2.07. The van der Waals surface area contributed by atoms with E-state index in [-0.39, 0.29) is 0 Å². The minimum absolute atomic E-state index is 1.08. The Balaban J connectivity index is 2.22. The predicted octanol–water partition coefficient (Wildman–Crippen LogP) is 4.60. The Morgan fingerprint density at radius 1 is 0.947 bits per heavy atom. The molecular weight excluding hydrogens is 252 g/mol. The lowest BCUT2D eigenvalue weighted by molar-refractivity contribution is 1.11. The van der Waals surface area contributed by atoms with Crippen molar-refractivity contribution in [3.63, 3.8) is 0 Å². The monoisotopic (exact) mass is 270 g/mol. The summed E-state index contributed by atoms with van der Waals surface area (Å²) in [5, 5.41) is 0. The molecule has 3 heteroatoms. The average Bonchev–Trinajstić information content (AvgIpc) is 2.86. The minimum atomic E-state index is 1.08. The zero-order valence-electron chi connectivity index (χ0n) is 12.0. The van der Waals surface area contributed by atoms with Crippen LogP contribution in [0.5, 0.6) is 0 Å². The van der Waals surface area contributed by atoms with Crippen molar-refractivity contribution in [2.75, 3.05) is 0 Å². The van der Waals surface area contributed by atoms with Crippen molar-refractivity contribution in [3.8, 4) is 11.3 Å². The molecule has 0 N–H and O–H groups in total. The fourth-order valence-corrected chi connectivity index (χ4v) is 3.37. The van der Waals surface area contributed by atoms with Gasteiger partial charge in [-0.05, 0) is 57.4 Å². The molecule has 0 aliphatic rings. The lowest BCUT2D eigenvalue weighted by Crippen LogP contribution is -1.89. The summed E-state index contributed by atoms with van der Waals surface area (Å²) < 4.78 is 2.20. The minimum Gasteiger partial charge on any atom is -0.294 e. The van der Waals surface area contributed by atoms with E-state index in [1.54, 1.807) is 11.3 Å². The third kappa shape index (κ3) is 1.89. The number of thiazole rings is 1. The van der Waals surface area contributed by atoms with Gasteiger partial charge in [0.25, 0.3) is 0 Å². The van der Waals surface area contributed by atoms with E-state index in [2.05, 4.69) is 57.3 Å². The molecule has 0 aliphatic heterocycles. The Morgan fingerprint density at radius 2 is 1.63 bits per heavy atom. The molecule has 2 nitrogen and oxygen atoms in total. The van der Waals surface area contributed by atoms with E-state index in [0.29, 0.717) is 0 Å². The van der Waals surface area contributed by atoms with Crippen LogP contribution in [0.1, 0.15) is 27.3 Å². The fraction of sp³-hybridized carbons (Fsp3) is 0.312. The van der Waals surface area contributed by atoms with Crippen LogP contribution in [0.4, 0.5) is 0 Å². The lowest BCUT2D eigenvalue weighted by atomic mass is 9.99. The molecule has 0 saturated carbocycles. The molecule has 2 aromatic heterocycles. The van der Waals surface area contributed by atoms with Crippen molar-refractivity contribution in [2.24, 2.45) is 0 Å². The smallest absolute Gasteiger partial charge is 0.194 e. The van der Waals surface area contributed by atoms with Gasteiger partial charge in [-0.2, -0.15) is 0 Å². The van der Waals surface area contributed by atoms with E-state index in [9.17, 15) is 0 Å². The molecule has 19 heavy (non-hydrogen) atoms. The van der Waals surface area contributed by atoms with Gasteiger partial charge in [0.05, 0.1) is 5.69 Å². The SMILES string of the molecule is Cc1cc(C)c(-c2cn3c(C)c(C)sc3n2)cc1C. The standard InChI is InChI=1S/C16H18N2S/c1-9-6-11(3)14(7-10(9)2)15-8-18-12(4)13(5)19-16(18)17-15/h6-8H,1-5H3. The third-order valence-electron chi connectivity index (χ3n) is 3.91. The topological polar surface area (TPSA) is 17.3 Å². The molecule has 3 rings (SSSR count). The molecular formula is C16H18N2S. The number of rotatable bonds is 1. The van der Waals surface area contributed by atoms with Crippen LogP contribution in [-0.2, 0) is 0 Å². The van der Waals surface area contributed by atoms with E-state index in [1.165, 1.54) is 32.8 Å². The quantitative estimate of drug-likeness (QED) is 0.631. The van der Waals surface area contributed by atoms with E-state index in [1.807, 2.05) is 0 Å². The fourth-order valence-electron chi connectivity index (χ4n) is 2.42. The Labute approximate surface area is 117 Å². The Kier molecular flexibility index (Phi) is 2.75. The zero-order chi connectivity index (χ0) is 13.7. The van der Waals surface area contributed by atoms with E-state index in [4.69, 9.17) is 4.98 Å². The molecule has 1 aromatic carbocycles. The van der Waals surface area contributed by atoms with Gasteiger partial charge in [0, 0.05) is 22.3 Å². The first-order valence-electron chi connectivity index (χ1n) is 6.50. The van der Waals surface area contributed by atoms with Crippen LogP contribution in [0.15, 0.2) is 18.3 Å². The molecule has 0 spiro atoms. The largest absolute Gasteiger partial charge is 0.294 e. The zero-order valence-corrected chi connectivity index (χ0v) is 12.9. The van der Waals surface area contributed by atoms with Crippen LogP contribution < -0.4 is 0 Å². The number of aryl methyl sites for hydroxylation is 5. The second kappa shape index (κ2) is 4.20. The molecule has 0 saturated heterocycles. The van der Waals surface area contributed by atoms with Crippen LogP contribution in [0.3, 0.4) is 0 Å². The highest BCUT2D eigenvalue weighted by Gasteiger charge is 2.12. The Morgan fingerprint density at radius 3 is 2.32 bits per heavy atom. The molecule has 0 bridgehead atoms. The Hall–Kier alpha value is -1.61. The summed E-state index contributed by atoms with van der Waals surface area (Å²) in [6.07, 6.45) is 2.16. The second-order valence-electron chi connectivity index (χ2n) is 5.27. The number of hydrogen-bond donors (Lipinski definition) is 0. The van der Waals surface area contributed by atoms with Crippen LogP contribution >= 0.6 is 11.3 Å². The van der Waals surface area contributed by atoms with Gasteiger partial charge in [0.2, 0.25) is 0 Å². The van der Waals surface area contributed by atoms with Crippen LogP contribution in [0.25, 0.3) is 16.2 Å². The van der Waals surface area contributed by atoms with E-state index < -0.39 is 0 Å².